The molecule has 0 aliphatic heterocycles. The quantitative estimate of drug-likeness (QED) is 0.847. The van der Waals surface area contributed by atoms with E-state index in [0.29, 0.717) is 5.56 Å². The summed E-state index contributed by atoms with van der Waals surface area (Å²) in [5.74, 6) is 0. The van der Waals surface area contributed by atoms with Crippen molar-refractivity contribution in [2.24, 2.45) is 0 Å². The van der Waals surface area contributed by atoms with E-state index >= 15 is 0 Å². The van der Waals surface area contributed by atoms with Gasteiger partial charge in [-0.15, -0.1) is 11.3 Å². The summed E-state index contributed by atoms with van der Waals surface area (Å²) in [5, 5.41) is 10.0. The van der Waals surface area contributed by atoms with E-state index in [2.05, 4.69) is 22.9 Å². The van der Waals surface area contributed by atoms with Crippen molar-refractivity contribution >= 4 is 17.0 Å². The van der Waals surface area contributed by atoms with E-state index in [1.54, 1.807) is 11.3 Å². The minimum Gasteiger partial charge on any atom is -0.368 e. The summed E-state index contributed by atoms with van der Waals surface area (Å²) in [6, 6.07) is 9.78. The molecule has 0 aliphatic carbocycles. The number of rotatable bonds is 3. The lowest BCUT2D eigenvalue weighted by molar-refractivity contribution is 0.904. The van der Waals surface area contributed by atoms with Crippen LogP contribution in [0.5, 0.6) is 0 Å². The molecule has 0 bridgehead atoms. The molecule has 0 amide bonds. The normalized spacial score (nSPS) is 10.1. The lowest BCUT2D eigenvalue weighted by atomic mass is 10.2. The zero-order valence-electron chi connectivity index (χ0n) is 10.8. The highest BCUT2D eigenvalue weighted by Crippen LogP contribution is 2.21. The highest BCUT2D eigenvalue weighted by Gasteiger charge is 2.08. The zero-order valence-corrected chi connectivity index (χ0v) is 11.6. The third kappa shape index (κ3) is 2.69. The van der Waals surface area contributed by atoms with Gasteiger partial charge in [-0.2, -0.15) is 5.26 Å². The number of nitriles is 1. The number of aromatic nitrogens is 1. The van der Waals surface area contributed by atoms with Gasteiger partial charge in [0.25, 0.3) is 0 Å². The second-order valence-electron chi connectivity index (χ2n) is 4.27. The third-order valence-electron chi connectivity index (χ3n) is 2.86. The first-order valence-corrected chi connectivity index (χ1v) is 6.56. The maximum atomic E-state index is 8.89. The van der Waals surface area contributed by atoms with Gasteiger partial charge in [-0.25, -0.2) is 4.98 Å². The summed E-state index contributed by atoms with van der Waals surface area (Å²) < 4.78 is 0. The Morgan fingerprint density at radius 1 is 1.39 bits per heavy atom. The van der Waals surface area contributed by atoms with Crippen LogP contribution < -0.4 is 4.90 Å². The lowest BCUT2D eigenvalue weighted by Crippen LogP contribution is -2.16. The monoisotopic (exact) mass is 257 g/mol. The Labute approximate surface area is 111 Å². The molecule has 2 rings (SSSR count). The topological polar surface area (TPSA) is 39.9 Å². The average molecular weight is 257 g/mol. The molecule has 1 aromatic carbocycles. The smallest absolute Gasteiger partial charge is 0.112 e. The Kier molecular flexibility index (Phi) is 3.63. The van der Waals surface area contributed by atoms with Crippen LogP contribution in [0.1, 0.15) is 21.1 Å². The number of anilines is 1. The number of thiazole rings is 1. The molecule has 0 N–H and O–H groups in total. The van der Waals surface area contributed by atoms with Crippen LogP contribution >= 0.6 is 11.3 Å². The van der Waals surface area contributed by atoms with Crippen LogP contribution in [0.3, 0.4) is 0 Å². The van der Waals surface area contributed by atoms with Crippen molar-refractivity contribution in [3.63, 3.8) is 0 Å². The second-order valence-corrected chi connectivity index (χ2v) is 5.56. The van der Waals surface area contributed by atoms with Gasteiger partial charge in [0, 0.05) is 17.6 Å². The van der Waals surface area contributed by atoms with Crippen molar-refractivity contribution in [3.05, 3.63) is 45.4 Å². The molecule has 1 heterocycles. The van der Waals surface area contributed by atoms with Gasteiger partial charge < -0.3 is 4.90 Å². The number of hydrogen-bond donors (Lipinski definition) is 0. The molecule has 0 fully saturated rings. The van der Waals surface area contributed by atoms with Crippen LogP contribution in [-0.4, -0.2) is 12.0 Å². The molecule has 4 heteroatoms. The van der Waals surface area contributed by atoms with Crippen molar-refractivity contribution in [1.29, 1.82) is 5.26 Å². The SMILES string of the molecule is Cc1nc(CN(C)c2cccc(C#N)c2)sc1C. The van der Waals surface area contributed by atoms with Crippen molar-refractivity contribution in [2.45, 2.75) is 20.4 Å². The highest BCUT2D eigenvalue weighted by atomic mass is 32.1. The van der Waals surface area contributed by atoms with E-state index < -0.39 is 0 Å². The predicted molar refractivity (Wildman–Crippen MR) is 74.9 cm³/mol. The molecule has 0 radical (unpaired) electrons. The number of hydrogen-bond acceptors (Lipinski definition) is 4. The van der Waals surface area contributed by atoms with Gasteiger partial charge in [-0.1, -0.05) is 6.07 Å². The van der Waals surface area contributed by atoms with Crippen molar-refractivity contribution in [2.75, 3.05) is 11.9 Å². The van der Waals surface area contributed by atoms with Crippen LogP contribution in [-0.2, 0) is 6.54 Å². The van der Waals surface area contributed by atoms with Crippen LogP contribution in [0, 0.1) is 25.2 Å². The van der Waals surface area contributed by atoms with Crippen LogP contribution in [0.4, 0.5) is 5.69 Å². The fourth-order valence-electron chi connectivity index (χ4n) is 1.71. The Morgan fingerprint density at radius 2 is 2.17 bits per heavy atom. The first kappa shape index (κ1) is 12.6. The lowest BCUT2D eigenvalue weighted by Gasteiger charge is -2.17. The van der Waals surface area contributed by atoms with Gasteiger partial charge in [-0.3, -0.25) is 0 Å². The van der Waals surface area contributed by atoms with E-state index in [-0.39, 0.29) is 0 Å². The molecule has 1 aromatic heterocycles. The molecule has 2 aromatic rings. The highest BCUT2D eigenvalue weighted by molar-refractivity contribution is 7.11. The summed E-state index contributed by atoms with van der Waals surface area (Å²) in [6.45, 7) is 4.90. The molecular weight excluding hydrogens is 242 g/mol. The summed E-state index contributed by atoms with van der Waals surface area (Å²) in [4.78, 5) is 7.91. The van der Waals surface area contributed by atoms with E-state index in [1.807, 2.05) is 38.2 Å². The number of benzene rings is 1. The molecule has 92 valence electrons. The van der Waals surface area contributed by atoms with Crippen molar-refractivity contribution in [3.8, 4) is 6.07 Å². The van der Waals surface area contributed by atoms with Gasteiger partial charge in [0.2, 0.25) is 0 Å². The van der Waals surface area contributed by atoms with Crippen LogP contribution in [0.25, 0.3) is 0 Å². The summed E-state index contributed by atoms with van der Waals surface area (Å²) in [6.07, 6.45) is 0. The number of aryl methyl sites for hydroxylation is 2. The molecule has 0 unspecified atom stereocenters. The average Bonchev–Trinajstić information content (AvgIpc) is 2.68. The minimum atomic E-state index is 0.686. The van der Waals surface area contributed by atoms with Gasteiger partial charge in [-0.05, 0) is 32.0 Å². The summed E-state index contributed by atoms with van der Waals surface area (Å²) in [7, 11) is 2.02. The third-order valence-corrected chi connectivity index (χ3v) is 3.92. The Morgan fingerprint density at radius 3 is 2.78 bits per heavy atom. The zero-order chi connectivity index (χ0) is 13.1. The Balaban J connectivity index is 2.16. The van der Waals surface area contributed by atoms with E-state index in [1.165, 1.54) is 4.88 Å². The minimum absolute atomic E-state index is 0.686. The van der Waals surface area contributed by atoms with Gasteiger partial charge in [0.05, 0.1) is 23.9 Å². The van der Waals surface area contributed by atoms with Crippen molar-refractivity contribution < 1.29 is 0 Å². The van der Waals surface area contributed by atoms with Gasteiger partial charge >= 0.3 is 0 Å². The molecule has 0 spiro atoms. The standard InChI is InChI=1S/C14H15N3S/c1-10-11(2)18-14(16-10)9-17(3)13-6-4-5-12(7-13)8-15/h4-7H,9H2,1-3H3. The second kappa shape index (κ2) is 5.19. The fourth-order valence-corrected chi connectivity index (χ4v) is 2.70. The van der Waals surface area contributed by atoms with Crippen LogP contribution in [0.15, 0.2) is 24.3 Å². The molecule has 3 nitrogen and oxygen atoms in total. The summed E-state index contributed by atoms with van der Waals surface area (Å²) >= 11 is 1.73. The molecule has 0 saturated carbocycles. The molecule has 0 atom stereocenters. The predicted octanol–water partition coefficient (Wildman–Crippen LogP) is 3.27. The first-order valence-electron chi connectivity index (χ1n) is 5.74. The largest absolute Gasteiger partial charge is 0.368 e. The maximum Gasteiger partial charge on any atom is 0.112 e. The molecule has 0 aliphatic rings. The van der Waals surface area contributed by atoms with E-state index in [9.17, 15) is 0 Å². The van der Waals surface area contributed by atoms with Gasteiger partial charge in [0.15, 0.2) is 0 Å². The van der Waals surface area contributed by atoms with E-state index in [4.69, 9.17) is 5.26 Å². The van der Waals surface area contributed by atoms with Crippen molar-refractivity contribution in [1.82, 2.24) is 4.98 Å². The molecule has 18 heavy (non-hydrogen) atoms. The Bertz CT molecular complexity index is 576. The fraction of sp³-hybridized carbons (Fsp3) is 0.286. The van der Waals surface area contributed by atoms with E-state index in [0.717, 1.165) is 22.9 Å². The summed E-state index contributed by atoms with van der Waals surface area (Å²) in [5.41, 5.74) is 2.83. The molecular formula is C14H15N3S. The first-order chi connectivity index (χ1) is 8.60. The van der Waals surface area contributed by atoms with Gasteiger partial charge in [0.1, 0.15) is 5.01 Å². The molecule has 0 saturated heterocycles. The number of nitrogens with zero attached hydrogens (tertiary/aromatic N) is 3. The maximum absolute atomic E-state index is 8.89. The van der Waals surface area contributed by atoms with Crippen LogP contribution in [0.2, 0.25) is 0 Å². The Hall–Kier alpha value is -1.86.